The van der Waals surface area contributed by atoms with Gasteiger partial charge in [-0.05, 0) is 22.9 Å². The summed E-state index contributed by atoms with van der Waals surface area (Å²) in [4.78, 5) is 38.8. The molecule has 1 aliphatic heterocycles. The molecule has 0 radical (unpaired) electrons. The first-order valence-corrected chi connectivity index (χ1v) is 11.0. The SMILES string of the molecule is O=C(CCN1CCSC1=O)NNC(=O)c1ccc(Cn2nnc(-c3ccccc3)n2)cc1. The molecule has 0 aliphatic carbocycles. The first-order chi connectivity index (χ1) is 15.6. The molecule has 2 aromatic carbocycles. The molecule has 1 saturated heterocycles. The smallest absolute Gasteiger partial charge is 0.281 e. The number of tetrazole rings is 1. The van der Waals surface area contributed by atoms with Crippen LogP contribution in [0, 0.1) is 0 Å². The van der Waals surface area contributed by atoms with Crippen molar-refractivity contribution in [3.05, 3.63) is 65.7 Å². The Hall–Kier alpha value is -3.73. The standard InChI is InChI=1S/C21H21N7O3S/c29-18(10-11-27-12-13-32-21(27)31)22-24-20(30)17-8-6-15(7-9-17)14-28-25-19(23-26-28)16-4-2-1-3-5-16/h1-9H,10-14H2,(H,22,29)(H,24,30). The van der Waals surface area contributed by atoms with Gasteiger partial charge in [0.15, 0.2) is 0 Å². The molecule has 32 heavy (non-hydrogen) atoms. The van der Waals surface area contributed by atoms with E-state index in [0.717, 1.165) is 16.9 Å². The van der Waals surface area contributed by atoms with Crippen molar-refractivity contribution >= 4 is 28.8 Å². The van der Waals surface area contributed by atoms with Crippen LogP contribution in [0.4, 0.5) is 4.79 Å². The van der Waals surface area contributed by atoms with Gasteiger partial charge in [0.05, 0.1) is 6.54 Å². The summed E-state index contributed by atoms with van der Waals surface area (Å²) in [6, 6.07) is 16.5. The zero-order valence-corrected chi connectivity index (χ0v) is 17.9. The van der Waals surface area contributed by atoms with Crippen molar-refractivity contribution in [1.82, 2.24) is 36.0 Å². The van der Waals surface area contributed by atoms with E-state index in [-0.39, 0.29) is 17.6 Å². The van der Waals surface area contributed by atoms with E-state index >= 15 is 0 Å². The number of hydrogen-bond acceptors (Lipinski definition) is 7. The number of amides is 3. The van der Waals surface area contributed by atoms with Gasteiger partial charge in [0.25, 0.3) is 11.1 Å². The number of hydrogen-bond donors (Lipinski definition) is 2. The van der Waals surface area contributed by atoms with Gasteiger partial charge in [-0.1, -0.05) is 54.2 Å². The molecule has 1 fully saturated rings. The van der Waals surface area contributed by atoms with Crippen molar-refractivity contribution in [2.75, 3.05) is 18.8 Å². The van der Waals surface area contributed by atoms with E-state index in [0.29, 0.717) is 31.0 Å². The fourth-order valence-electron chi connectivity index (χ4n) is 3.06. The van der Waals surface area contributed by atoms with Crippen LogP contribution in [-0.2, 0) is 11.3 Å². The summed E-state index contributed by atoms with van der Waals surface area (Å²) in [7, 11) is 0. The summed E-state index contributed by atoms with van der Waals surface area (Å²) < 4.78 is 0. The van der Waals surface area contributed by atoms with Gasteiger partial charge in [-0.15, -0.1) is 10.2 Å². The number of rotatable bonds is 7. The first-order valence-electron chi connectivity index (χ1n) is 10.0. The molecule has 11 heteroatoms. The quantitative estimate of drug-likeness (QED) is 0.524. The molecular weight excluding hydrogens is 430 g/mol. The van der Waals surface area contributed by atoms with Gasteiger partial charge in [0, 0.05) is 36.4 Å². The van der Waals surface area contributed by atoms with Crippen molar-refractivity contribution < 1.29 is 14.4 Å². The Bertz CT molecular complexity index is 1100. The van der Waals surface area contributed by atoms with Crippen molar-refractivity contribution in [1.29, 1.82) is 0 Å². The van der Waals surface area contributed by atoms with Crippen LogP contribution >= 0.6 is 11.8 Å². The molecule has 2 heterocycles. The Kier molecular flexibility index (Phi) is 6.75. The predicted molar refractivity (Wildman–Crippen MR) is 118 cm³/mol. The summed E-state index contributed by atoms with van der Waals surface area (Å²) in [6.07, 6.45) is 0.126. The Morgan fingerprint density at radius 3 is 2.53 bits per heavy atom. The Morgan fingerprint density at radius 2 is 1.81 bits per heavy atom. The van der Waals surface area contributed by atoms with Gasteiger partial charge in [0.2, 0.25) is 11.7 Å². The highest BCUT2D eigenvalue weighted by molar-refractivity contribution is 8.13. The Labute approximate surface area is 188 Å². The topological polar surface area (TPSA) is 122 Å². The highest BCUT2D eigenvalue weighted by atomic mass is 32.2. The van der Waals surface area contributed by atoms with Crippen LogP contribution in [0.15, 0.2) is 54.6 Å². The average molecular weight is 452 g/mol. The number of nitrogens with one attached hydrogen (secondary N) is 2. The predicted octanol–water partition coefficient (Wildman–Crippen LogP) is 1.71. The molecule has 0 saturated carbocycles. The second-order valence-corrected chi connectivity index (χ2v) is 8.11. The number of hydrazine groups is 1. The maximum atomic E-state index is 12.3. The molecular formula is C21H21N7O3S. The molecule has 3 amide bonds. The fourth-order valence-corrected chi connectivity index (χ4v) is 3.92. The lowest BCUT2D eigenvalue weighted by atomic mass is 10.1. The van der Waals surface area contributed by atoms with Crippen LogP contribution in [0.1, 0.15) is 22.3 Å². The largest absolute Gasteiger partial charge is 0.332 e. The highest BCUT2D eigenvalue weighted by Gasteiger charge is 2.21. The van der Waals surface area contributed by atoms with Gasteiger partial charge >= 0.3 is 0 Å². The molecule has 164 valence electrons. The summed E-state index contributed by atoms with van der Waals surface area (Å²) >= 11 is 1.25. The van der Waals surface area contributed by atoms with E-state index in [4.69, 9.17) is 0 Å². The van der Waals surface area contributed by atoms with Crippen LogP contribution in [0.3, 0.4) is 0 Å². The third kappa shape index (κ3) is 5.49. The molecule has 4 rings (SSSR count). The molecule has 10 nitrogen and oxygen atoms in total. The minimum atomic E-state index is -0.428. The molecule has 1 aliphatic rings. The minimum absolute atomic E-state index is 0.0145. The molecule has 3 aromatic rings. The van der Waals surface area contributed by atoms with Crippen molar-refractivity contribution in [2.24, 2.45) is 0 Å². The number of thioether (sulfide) groups is 1. The Balaban J connectivity index is 1.25. The zero-order chi connectivity index (χ0) is 22.3. The van der Waals surface area contributed by atoms with Crippen LogP contribution < -0.4 is 10.9 Å². The number of carbonyl (C=O) groups excluding carboxylic acids is 3. The normalized spacial score (nSPS) is 13.2. The summed E-state index contributed by atoms with van der Waals surface area (Å²) in [6.45, 7) is 1.39. The van der Waals surface area contributed by atoms with Gasteiger partial charge in [-0.25, -0.2) is 0 Å². The van der Waals surface area contributed by atoms with Gasteiger partial charge in [-0.3, -0.25) is 25.2 Å². The summed E-state index contributed by atoms with van der Waals surface area (Å²) in [5.41, 5.74) is 6.95. The minimum Gasteiger partial charge on any atom is -0.332 e. The Morgan fingerprint density at radius 1 is 1.03 bits per heavy atom. The van der Waals surface area contributed by atoms with E-state index in [1.54, 1.807) is 29.2 Å². The van der Waals surface area contributed by atoms with E-state index in [9.17, 15) is 14.4 Å². The lowest BCUT2D eigenvalue weighted by Crippen LogP contribution is -2.42. The average Bonchev–Trinajstić information content (AvgIpc) is 3.46. The third-order valence-electron chi connectivity index (χ3n) is 4.79. The van der Waals surface area contributed by atoms with E-state index in [1.165, 1.54) is 16.6 Å². The molecule has 0 atom stereocenters. The van der Waals surface area contributed by atoms with Crippen molar-refractivity contribution in [2.45, 2.75) is 13.0 Å². The van der Waals surface area contributed by atoms with Gasteiger partial charge in [-0.2, -0.15) is 4.80 Å². The summed E-state index contributed by atoms with van der Waals surface area (Å²) in [5, 5.41) is 12.5. The van der Waals surface area contributed by atoms with Crippen LogP contribution in [0.5, 0.6) is 0 Å². The van der Waals surface area contributed by atoms with Crippen LogP contribution in [0.25, 0.3) is 11.4 Å². The van der Waals surface area contributed by atoms with Crippen molar-refractivity contribution in [3.8, 4) is 11.4 Å². The van der Waals surface area contributed by atoms with Crippen molar-refractivity contribution in [3.63, 3.8) is 0 Å². The fraction of sp³-hybridized carbons (Fsp3) is 0.238. The molecule has 2 N–H and O–H groups in total. The van der Waals surface area contributed by atoms with Gasteiger partial charge in [0.1, 0.15) is 0 Å². The maximum Gasteiger partial charge on any atom is 0.281 e. The summed E-state index contributed by atoms with van der Waals surface area (Å²) in [5.74, 6) is 0.508. The van der Waals surface area contributed by atoms with E-state index in [1.807, 2.05) is 30.3 Å². The number of nitrogens with zero attached hydrogens (tertiary/aromatic N) is 5. The van der Waals surface area contributed by atoms with E-state index in [2.05, 4.69) is 26.3 Å². The third-order valence-corrected chi connectivity index (χ3v) is 5.69. The maximum absolute atomic E-state index is 12.3. The second kappa shape index (κ2) is 10.1. The lowest BCUT2D eigenvalue weighted by molar-refractivity contribution is -0.122. The lowest BCUT2D eigenvalue weighted by Gasteiger charge is -2.14. The van der Waals surface area contributed by atoms with E-state index < -0.39 is 5.91 Å². The molecule has 0 unspecified atom stereocenters. The molecule has 0 spiro atoms. The first kappa shape index (κ1) is 21.5. The van der Waals surface area contributed by atoms with Crippen LogP contribution in [0.2, 0.25) is 0 Å². The molecule has 0 bridgehead atoms. The van der Waals surface area contributed by atoms with Gasteiger partial charge < -0.3 is 4.90 Å². The number of aromatic nitrogens is 4. The zero-order valence-electron chi connectivity index (χ0n) is 17.1. The number of benzene rings is 2. The number of carbonyl (C=O) groups is 3. The highest BCUT2D eigenvalue weighted by Crippen LogP contribution is 2.17. The second-order valence-electron chi connectivity index (χ2n) is 7.06. The van der Waals surface area contributed by atoms with Crippen LogP contribution in [-0.4, -0.2) is 61.0 Å². The monoisotopic (exact) mass is 451 g/mol. The molecule has 1 aromatic heterocycles.